The number of aryl methyl sites for hydroxylation is 1. The second-order valence-electron chi connectivity index (χ2n) is 5.82. The van der Waals surface area contributed by atoms with Crippen molar-refractivity contribution in [3.05, 3.63) is 28.8 Å². The third-order valence-electron chi connectivity index (χ3n) is 4.12. The van der Waals surface area contributed by atoms with Crippen LogP contribution in [0.4, 0.5) is 4.79 Å². The van der Waals surface area contributed by atoms with Gasteiger partial charge in [-0.25, -0.2) is 4.79 Å². The molecule has 0 radical (unpaired) electrons. The monoisotopic (exact) mass is 306 g/mol. The van der Waals surface area contributed by atoms with Crippen molar-refractivity contribution in [1.82, 2.24) is 0 Å². The number of unbranched alkanes of at least 4 members (excludes halogenated alkanes) is 4. The molecule has 1 aromatic rings. The number of carbonyl (C=O) groups is 1. The molecule has 0 aromatic heterocycles. The lowest BCUT2D eigenvalue weighted by Gasteiger charge is -2.17. The minimum atomic E-state index is -1.22. The summed E-state index contributed by atoms with van der Waals surface area (Å²) in [5.74, 6) is 0.535. The lowest BCUT2D eigenvalue weighted by atomic mass is 9.91. The molecule has 0 heterocycles. The van der Waals surface area contributed by atoms with Crippen LogP contribution in [0.3, 0.4) is 0 Å². The summed E-state index contributed by atoms with van der Waals surface area (Å²) in [5.41, 5.74) is 3.78. The van der Waals surface area contributed by atoms with Gasteiger partial charge in [-0.3, -0.25) is 0 Å². The number of benzene rings is 1. The smallest absolute Gasteiger partial charge is 0.449 e. The fraction of sp³-hybridized carbons (Fsp3) is 0.632. The van der Waals surface area contributed by atoms with Gasteiger partial charge in [0.25, 0.3) is 0 Å². The highest BCUT2D eigenvalue weighted by atomic mass is 16.7. The molecular weight excluding hydrogens is 276 g/mol. The fourth-order valence-electron chi connectivity index (χ4n) is 2.93. The van der Waals surface area contributed by atoms with E-state index < -0.39 is 6.16 Å². The molecule has 0 fully saturated rings. The van der Waals surface area contributed by atoms with E-state index in [2.05, 4.69) is 20.8 Å². The SMILES string of the molecule is CCCCCc1c(CC)ccc(OC(=O)O)c1CCCCC. The van der Waals surface area contributed by atoms with Crippen molar-refractivity contribution >= 4 is 6.16 Å². The Labute approximate surface area is 134 Å². The summed E-state index contributed by atoms with van der Waals surface area (Å²) in [6.07, 6.45) is 8.66. The van der Waals surface area contributed by atoms with Crippen LogP contribution in [-0.2, 0) is 19.3 Å². The summed E-state index contributed by atoms with van der Waals surface area (Å²) in [4.78, 5) is 11.0. The van der Waals surface area contributed by atoms with Gasteiger partial charge in [0, 0.05) is 0 Å². The molecule has 0 saturated heterocycles. The zero-order chi connectivity index (χ0) is 16.4. The minimum absolute atomic E-state index is 0.535. The van der Waals surface area contributed by atoms with E-state index in [9.17, 15) is 4.79 Å². The Morgan fingerprint density at radius 3 is 2.05 bits per heavy atom. The van der Waals surface area contributed by atoms with E-state index in [1.165, 1.54) is 24.0 Å². The molecule has 3 nitrogen and oxygen atoms in total. The zero-order valence-electron chi connectivity index (χ0n) is 14.3. The lowest BCUT2D eigenvalue weighted by Crippen LogP contribution is -2.09. The van der Waals surface area contributed by atoms with Gasteiger partial charge in [0.2, 0.25) is 0 Å². The molecule has 0 bridgehead atoms. The van der Waals surface area contributed by atoms with Gasteiger partial charge in [0.05, 0.1) is 0 Å². The number of hydrogen-bond acceptors (Lipinski definition) is 2. The first-order chi connectivity index (χ1) is 10.6. The first-order valence-corrected chi connectivity index (χ1v) is 8.68. The van der Waals surface area contributed by atoms with Crippen LogP contribution in [0.15, 0.2) is 12.1 Å². The minimum Gasteiger partial charge on any atom is -0.449 e. The normalized spacial score (nSPS) is 10.7. The molecule has 0 amide bonds. The molecule has 124 valence electrons. The molecule has 0 aliphatic rings. The molecule has 0 spiro atoms. The summed E-state index contributed by atoms with van der Waals surface area (Å²) in [7, 11) is 0. The van der Waals surface area contributed by atoms with E-state index in [0.717, 1.165) is 50.5 Å². The van der Waals surface area contributed by atoms with Crippen molar-refractivity contribution in [2.75, 3.05) is 0 Å². The molecular formula is C19H30O3. The molecule has 0 aliphatic heterocycles. The van der Waals surface area contributed by atoms with Crippen LogP contribution in [0.25, 0.3) is 0 Å². The average molecular weight is 306 g/mol. The van der Waals surface area contributed by atoms with Crippen molar-refractivity contribution in [3.8, 4) is 5.75 Å². The number of carboxylic acid groups (broad SMARTS) is 1. The van der Waals surface area contributed by atoms with Gasteiger partial charge in [-0.1, -0.05) is 52.5 Å². The fourth-order valence-corrected chi connectivity index (χ4v) is 2.93. The van der Waals surface area contributed by atoms with Crippen LogP contribution in [0.5, 0.6) is 5.75 Å². The van der Waals surface area contributed by atoms with Crippen LogP contribution < -0.4 is 4.74 Å². The van der Waals surface area contributed by atoms with Gasteiger partial charge in [-0.2, -0.15) is 0 Å². The van der Waals surface area contributed by atoms with E-state index in [0.29, 0.717) is 5.75 Å². The average Bonchev–Trinajstić information content (AvgIpc) is 2.49. The second-order valence-corrected chi connectivity index (χ2v) is 5.82. The van der Waals surface area contributed by atoms with Gasteiger partial charge in [0.1, 0.15) is 5.75 Å². The summed E-state index contributed by atoms with van der Waals surface area (Å²) in [6.45, 7) is 6.54. The second kappa shape index (κ2) is 10.3. The van der Waals surface area contributed by atoms with Crippen molar-refractivity contribution in [2.24, 2.45) is 0 Å². The van der Waals surface area contributed by atoms with Crippen LogP contribution in [-0.4, -0.2) is 11.3 Å². The van der Waals surface area contributed by atoms with Gasteiger partial charge < -0.3 is 9.84 Å². The Balaban J connectivity index is 3.10. The topological polar surface area (TPSA) is 46.5 Å². The Morgan fingerprint density at radius 2 is 1.55 bits per heavy atom. The number of hydrogen-bond donors (Lipinski definition) is 1. The predicted molar refractivity (Wildman–Crippen MR) is 90.9 cm³/mol. The Morgan fingerprint density at radius 1 is 0.955 bits per heavy atom. The number of ether oxygens (including phenoxy) is 1. The highest BCUT2D eigenvalue weighted by Crippen LogP contribution is 2.30. The standard InChI is InChI=1S/C19H30O3/c1-4-7-9-11-16-15(6-3)13-14-18(22-19(20)21)17(16)12-10-8-5-2/h13-14H,4-12H2,1-3H3,(H,20,21). The van der Waals surface area contributed by atoms with E-state index in [1.54, 1.807) is 0 Å². The van der Waals surface area contributed by atoms with Crippen LogP contribution >= 0.6 is 0 Å². The van der Waals surface area contributed by atoms with E-state index >= 15 is 0 Å². The molecule has 0 aliphatic carbocycles. The summed E-state index contributed by atoms with van der Waals surface area (Å²) < 4.78 is 5.04. The maximum absolute atomic E-state index is 11.0. The first kappa shape index (κ1) is 18.5. The molecule has 0 atom stereocenters. The van der Waals surface area contributed by atoms with Crippen LogP contribution in [0.1, 0.15) is 76.0 Å². The lowest BCUT2D eigenvalue weighted by molar-refractivity contribution is 0.144. The summed E-state index contributed by atoms with van der Waals surface area (Å²) in [5, 5.41) is 8.97. The molecule has 22 heavy (non-hydrogen) atoms. The quantitative estimate of drug-likeness (QED) is 0.339. The Hall–Kier alpha value is -1.51. The van der Waals surface area contributed by atoms with Crippen molar-refractivity contribution in [2.45, 2.75) is 78.6 Å². The van der Waals surface area contributed by atoms with Crippen molar-refractivity contribution in [3.63, 3.8) is 0 Å². The highest BCUT2D eigenvalue weighted by Gasteiger charge is 2.15. The van der Waals surface area contributed by atoms with Gasteiger partial charge in [-0.05, 0) is 54.9 Å². The maximum atomic E-state index is 11.0. The molecule has 1 aromatic carbocycles. The first-order valence-electron chi connectivity index (χ1n) is 8.68. The molecule has 1 N–H and O–H groups in total. The van der Waals surface area contributed by atoms with Gasteiger partial charge >= 0.3 is 6.16 Å². The predicted octanol–water partition coefficient (Wildman–Crippen LogP) is 5.77. The van der Waals surface area contributed by atoms with Crippen LogP contribution in [0.2, 0.25) is 0 Å². The van der Waals surface area contributed by atoms with Gasteiger partial charge in [-0.15, -0.1) is 0 Å². The zero-order valence-corrected chi connectivity index (χ0v) is 14.3. The molecule has 0 unspecified atom stereocenters. The Bertz CT molecular complexity index is 466. The summed E-state index contributed by atoms with van der Waals surface area (Å²) in [6, 6.07) is 3.86. The largest absolute Gasteiger partial charge is 0.511 e. The van der Waals surface area contributed by atoms with E-state index in [4.69, 9.17) is 9.84 Å². The third-order valence-corrected chi connectivity index (χ3v) is 4.12. The Kier molecular flexibility index (Phi) is 8.64. The molecule has 1 rings (SSSR count). The molecule has 3 heteroatoms. The van der Waals surface area contributed by atoms with Crippen LogP contribution in [0, 0.1) is 0 Å². The van der Waals surface area contributed by atoms with Gasteiger partial charge in [0.15, 0.2) is 0 Å². The van der Waals surface area contributed by atoms with E-state index in [1.807, 2.05) is 12.1 Å². The summed E-state index contributed by atoms with van der Waals surface area (Å²) >= 11 is 0. The van der Waals surface area contributed by atoms with Crippen molar-refractivity contribution < 1.29 is 14.6 Å². The third kappa shape index (κ3) is 5.70. The molecule has 0 saturated carbocycles. The maximum Gasteiger partial charge on any atom is 0.511 e. The van der Waals surface area contributed by atoms with E-state index in [-0.39, 0.29) is 0 Å². The van der Waals surface area contributed by atoms with Crippen molar-refractivity contribution in [1.29, 1.82) is 0 Å². The number of rotatable bonds is 10. The highest BCUT2D eigenvalue weighted by molar-refractivity contribution is 5.63.